The summed E-state index contributed by atoms with van der Waals surface area (Å²) in [7, 11) is 4.90. The summed E-state index contributed by atoms with van der Waals surface area (Å²) >= 11 is 0. The molecule has 1 aromatic heterocycles. The fraction of sp³-hybridized carbons (Fsp3) is 0.250. The van der Waals surface area contributed by atoms with Crippen molar-refractivity contribution in [2.45, 2.75) is 6.92 Å². The monoisotopic (exact) mass is 301 g/mol. The second-order valence-corrected chi connectivity index (χ2v) is 4.63. The number of methoxy groups -OCH3 is 2. The Hall–Kier alpha value is -2.76. The van der Waals surface area contributed by atoms with E-state index in [-0.39, 0.29) is 5.91 Å². The Bertz CT molecular complexity index is 705. The molecule has 1 aromatic carbocycles. The van der Waals surface area contributed by atoms with Crippen LogP contribution in [0.4, 0.5) is 5.82 Å². The SMILES string of the molecule is CC=Cc1cc(C(=O)Nc2ccn(C)n2)cc(OC)c1OC. The fourth-order valence-corrected chi connectivity index (χ4v) is 2.10. The molecule has 0 unspecified atom stereocenters. The molecule has 22 heavy (non-hydrogen) atoms. The minimum atomic E-state index is -0.259. The molecule has 0 fully saturated rings. The van der Waals surface area contributed by atoms with Gasteiger partial charge in [0, 0.05) is 30.4 Å². The Balaban J connectivity index is 2.37. The van der Waals surface area contributed by atoms with Crippen molar-refractivity contribution in [1.82, 2.24) is 9.78 Å². The number of anilines is 1. The summed E-state index contributed by atoms with van der Waals surface area (Å²) in [5.74, 6) is 1.33. The third kappa shape index (κ3) is 3.28. The van der Waals surface area contributed by atoms with Gasteiger partial charge in [-0.05, 0) is 19.1 Å². The Kier molecular flexibility index (Phi) is 4.83. The quantitative estimate of drug-likeness (QED) is 0.922. The lowest BCUT2D eigenvalue weighted by Gasteiger charge is -2.13. The maximum absolute atomic E-state index is 12.4. The predicted octanol–water partition coefficient (Wildman–Crippen LogP) is 2.72. The van der Waals surface area contributed by atoms with Gasteiger partial charge in [-0.15, -0.1) is 0 Å². The molecule has 2 aromatic rings. The Morgan fingerprint density at radius 2 is 2.09 bits per heavy atom. The minimum Gasteiger partial charge on any atom is -0.493 e. The first-order valence-corrected chi connectivity index (χ1v) is 6.78. The lowest BCUT2D eigenvalue weighted by atomic mass is 10.1. The average Bonchev–Trinajstić information content (AvgIpc) is 2.91. The van der Waals surface area contributed by atoms with Crippen LogP contribution >= 0.6 is 0 Å². The summed E-state index contributed by atoms with van der Waals surface area (Å²) in [5.41, 5.74) is 1.24. The zero-order valence-corrected chi connectivity index (χ0v) is 13.1. The number of aryl methyl sites for hydroxylation is 1. The molecule has 1 N–H and O–H groups in total. The summed E-state index contributed by atoms with van der Waals surface area (Å²) in [5, 5.41) is 6.87. The van der Waals surface area contributed by atoms with Gasteiger partial charge >= 0.3 is 0 Å². The van der Waals surface area contributed by atoms with Gasteiger partial charge < -0.3 is 14.8 Å². The van der Waals surface area contributed by atoms with E-state index in [1.807, 2.05) is 19.1 Å². The van der Waals surface area contributed by atoms with Crippen molar-refractivity contribution in [3.8, 4) is 11.5 Å². The number of aromatic nitrogens is 2. The standard InChI is InChI=1S/C16H19N3O3/c1-5-6-11-9-12(10-13(21-3)15(11)22-4)16(20)17-14-7-8-19(2)18-14/h5-10H,1-4H3,(H,17,18,20). The highest BCUT2D eigenvalue weighted by molar-refractivity contribution is 6.04. The molecular weight excluding hydrogens is 282 g/mol. The van der Waals surface area contributed by atoms with Crippen LogP contribution in [0.2, 0.25) is 0 Å². The number of benzene rings is 1. The number of nitrogens with zero attached hydrogens (tertiary/aromatic N) is 2. The molecule has 0 bridgehead atoms. The van der Waals surface area contributed by atoms with Crippen molar-refractivity contribution in [3.05, 3.63) is 41.6 Å². The number of carbonyl (C=O) groups excluding carboxylic acids is 1. The van der Waals surface area contributed by atoms with E-state index in [1.54, 1.807) is 43.2 Å². The summed E-state index contributed by atoms with van der Waals surface area (Å²) in [4.78, 5) is 12.4. The molecule has 0 aliphatic carbocycles. The van der Waals surface area contributed by atoms with Crippen LogP contribution in [0.3, 0.4) is 0 Å². The van der Waals surface area contributed by atoms with Gasteiger partial charge in [0.15, 0.2) is 17.3 Å². The maximum Gasteiger partial charge on any atom is 0.257 e. The van der Waals surface area contributed by atoms with Gasteiger partial charge in [0.25, 0.3) is 5.91 Å². The van der Waals surface area contributed by atoms with E-state index in [1.165, 1.54) is 7.11 Å². The molecule has 0 atom stereocenters. The van der Waals surface area contributed by atoms with Crippen LogP contribution in [0, 0.1) is 0 Å². The van der Waals surface area contributed by atoms with Crippen LogP contribution in [0.15, 0.2) is 30.5 Å². The summed E-state index contributed by atoms with van der Waals surface area (Å²) in [6.07, 6.45) is 5.49. The molecule has 6 nitrogen and oxygen atoms in total. The number of hydrogen-bond acceptors (Lipinski definition) is 4. The van der Waals surface area contributed by atoms with Crippen LogP contribution < -0.4 is 14.8 Å². The molecule has 2 rings (SSSR count). The number of carbonyl (C=O) groups is 1. The first-order chi connectivity index (χ1) is 10.6. The fourth-order valence-electron chi connectivity index (χ4n) is 2.10. The van der Waals surface area contributed by atoms with Crippen LogP contribution in [0.5, 0.6) is 11.5 Å². The predicted molar refractivity (Wildman–Crippen MR) is 85.4 cm³/mol. The molecule has 6 heteroatoms. The van der Waals surface area contributed by atoms with E-state index in [4.69, 9.17) is 9.47 Å². The van der Waals surface area contributed by atoms with E-state index in [2.05, 4.69) is 10.4 Å². The topological polar surface area (TPSA) is 65.4 Å². The van der Waals surface area contributed by atoms with Crippen molar-refractivity contribution >= 4 is 17.8 Å². The van der Waals surface area contributed by atoms with Gasteiger partial charge in [0.1, 0.15) is 0 Å². The smallest absolute Gasteiger partial charge is 0.257 e. The lowest BCUT2D eigenvalue weighted by molar-refractivity contribution is 0.102. The molecule has 0 radical (unpaired) electrons. The number of allylic oxidation sites excluding steroid dienone is 1. The van der Waals surface area contributed by atoms with Gasteiger partial charge in [-0.3, -0.25) is 9.48 Å². The summed E-state index contributed by atoms with van der Waals surface area (Å²) in [6.45, 7) is 1.90. The highest BCUT2D eigenvalue weighted by Gasteiger charge is 2.15. The van der Waals surface area contributed by atoms with Crippen LogP contribution in [-0.4, -0.2) is 29.9 Å². The first-order valence-electron chi connectivity index (χ1n) is 6.78. The van der Waals surface area contributed by atoms with E-state index in [0.717, 1.165) is 5.56 Å². The van der Waals surface area contributed by atoms with Crippen LogP contribution in [0.25, 0.3) is 6.08 Å². The molecule has 116 valence electrons. The van der Waals surface area contributed by atoms with Crippen molar-refractivity contribution in [3.63, 3.8) is 0 Å². The van der Waals surface area contributed by atoms with E-state index in [0.29, 0.717) is 22.9 Å². The Morgan fingerprint density at radius 1 is 1.32 bits per heavy atom. The minimum absolute atomic E-state index is 0.259. The number of ether oxygens (including phenoxy) is 2. The van der Waals surface area contributed by atoms with Crippen LogP contribution in [0.1, 0.15) is 22.8 Å². The van der Waals surface area contributed by atoms with Gasteiger partial charge in [0.05, 0.1) is 14.2 Å². The Labute approximate surface area is 129 Å². The van der Waals surface area contributed by atoms with Gasteiger partial charge in [-0.1, -0.05) is 12.2 Å². The number of nitrogens with one attached hydrogen (secondary N) is 1. The van der Waals surface area contributed by atoms with Crippen molar-refractivity contribution in [1.29, 1.82) is 0 Å². The van der Waals surface area contributed by atoms with E-state index >= 15 is 0 Å². The average molecular weight is 301 g/mol. The molecule has 1 amide bonds. The summed E-state index contributed by atoms with van der Waals surface area (Å²) < 4.78 is 12.3. The first kappa shape index (κ1) is 15.6. The molecule has 1 heterocycles. The zero-order chi connectivity index (χ0) is 16.1. The van der Waals surface area contributed by atoms with Crippen molar-refractivity contribution in [2.75, 3.05) is 19.5 Å². The molecule has 0 aliphatic heterocycles. The third-order valence-corrected chi connectivity index (χ3v) is 3.07. The second kappa shape index (κ2) is 6.80. The van der Waals surface area contributed by atoms with Gasteiger partial charge in [0.2, 0.25) is 0 Å². The molecule has 0 aliphatic rings. The number of hydrogen-bond donors (Lipinski definition) is 1. The van der Waals surface area contributed by atoms with Crippen molar-refractivity contribution in [2.24, 2.45) is 7.05 Å². The maximum atomic E-state index is 12.4. The third-order valence-electron chi connectivity index (χ3n) is 3.07. The number of rotatable bonds is 5. The van der Waals surface area contributed by atoms with Gasteiger partial charge in [-0.2, -0.15) is 5.10 Å². The van der Waals surface area contributed by atoms with Crippen LogP contribution in [-0.2, 0) is 7.05 Å². The molecule has 0 saturated heterocycles. The van der Waals surface area contributed by atoms with Gasteiger partial charge in [-0.25, -0.2) is 0 Å². The normalized spacial score (nSPS) is 10.7. The van der Waals surface area contributed by atoms with E-state index in [9.17, 15) is 4.79 Å². The number of amides is 1. The molecule has 0 saturated carbocycles. The highest BCUT2D eigenvalue weighted by Crippen LogP contribution is 2.33. The highest BCUT2D eigenvalue weighted by atomic mass is 16.5. The largest absolute Gasteiger partial charge is 0.493 e. The van der Waals surface area contributed by atoms with E-state index < -0.39 is 0 Å². The molecular formula is C16H19N3O3. The Morgan fingerprint density at radius 3 is 2.64 bits per heavy atom. The summed E-state index contributed by atoms with van der Waals surface area (Å²) in [6, 6.07) is 5.12. The second-order valence-electron chi connectivity index (χ2n) is 4.63. The lowest BCUT2D eigenvalue weighted by Crippen LogP contribution is -2.13. The van der Waals surface area contributed by atoms with Crippen molar-refractivity contribution < 1.29 is 14.3 Å². The molecule has 0 spiro atoms. The zero-order valence-electron chi connectivity index (χ0n) is 13.1.